The van der Waals surface area contributed by atoms with Crippen molar-refractivity contribution in [1.29, 1.82) is 0 Å². The van der Waals surface area contributed by atoms with Gasteiger partial charge in [-0.25, -0.2) is 4.79 Å². The molecule has 1 amide bonds. The maximum atomic E-state index is 9.89. The fourth-order valence-corrected chi connectivity index (χ4v) is 0.233. The molecule has 0 aromatic carbocycles. The van der Waals surface area contributed by atoms with Crippen molar-refractivity contribution in [3.63, 3.8) is 0 Å². The second-order valence-electron chi connectivity index (χ2n) is 1.38. The maximum absolute atomic E-state index is 9.89. The van der Waals surface area contributed by atoms with Gasteiger partial charge in [0.1, 0.15) is 0 Å². The van der Waals surface area contributed by atoms with E-state index in [4.69, 9.17) is 5.73 Å². The molecule has 0 unspecified atom stereocenters. The van der Waals surface area contributed by atoms with Crippen molar-refractivity contribution in [2.75, 3.05) is 0 Å². The zero-order valence-electron chi connectivity index (χ0n) is 4.76. The summed E-state index contributed by atoms with van der Waals surface area (Å²) in [6.07, 6.45) is -0.782. The zero-order chi connectivity index (χ0) is 6.57. The number of hydrogen-bond donors (Lipinski definition) is 2. The molecule has 4 nitrogen and oxygen atoms in total. The Balaban J connectivity index is 3.24. The van der Waals surface area contributed by atoms with Gasteiger partial charge in [0.2, 0.25) is 0 Å². The molecule has 0 saturated carbocycles. The fraction of sp³-hybridized carbons (Fsp3) is 0.750. The van der Waals surface area contributed by atoms with E-state index in [-0.39, 0.29) is 0 Å². The molecule has 0 aliphatic rings. The topological polar surface area (TPSA) is 78.3 Å². The van der Waals surface area contributed by atoms with Crippen LogP contribution in [0.5, 0.6) is 0 Å². The Morgan fingerprint density at radius 1 is 1.88 bits per heavy atom. The van der Waals surface area contributed by atoms with Gasteiger partial charge in [-0.1, -0.05) is 6.92 Å². The lowest BCUT2D eigenvalue weighted by molar-refractivity contribution is 0.108. The van der Waals surface area contributed by atoms with Gasteiger partial charge >= 0.3 is 6.09 Å². The Morgan fingerprint density at radius 3 is 2.50 bits per heavy atom. The summed E-state index contributed by atoms with van der Waals surface area (Å²) < 4.78 is 4.32. The summed E-state index contributed by atoms with van der Waals surface area (Å²) in [6.45, 7) is 1.80. The van der Waals surface area contributed by atoms with Crippen LogP contribution in [-0.2, 0) is 4.74 Å². The molecule has 0 saturated heterocycles. The average Bonchev–Trinajstić information content (AvgIpc) is 1.65. The van der Waals surface area contributed by atoms with Crippen LogP contribution in [0.25, 0.3) is 0 Å². The minimum Gasteiger partial charge on any atom is -0.431 e. The number of ether oxygens (including phenoxy) is 1. The van der Waals surface area contributed by atoms with Gasteiger partial charge in [-0.15, -0.1) is 0 Å². The highest BCUT2D eigenvalue weighted by Gasteiger charge is 2.00. The van der Waals surface area contributed by atoms with E-state index in [0.29, 0.717) is 6.42 Å². The van der Waals surface area contributed by atoms with Crippen LogP contribution < -0.4 is 11.5 Å². The Kier molecular flexibility index (Phi) is 2.95. The SMILES string of the molecule is CC[C@@H](N)OC(N)=O. The minimum absolute atomic E-state index is 0.549. The smallest absolute Gasteiger partial charge is 0.406 e. The lowest BCUT2D eigenvalue weighted by atomic mass is 10.4. The van der Waals surface area contributed by atoms with Crippen LogP contribution in [0, 0.1) is 0 Å². The number of carbonyl (C=O) groups excluding carboxylic acids is 1. The van der Waals surface area contributed by atoms with E-state index in [1.165, 1.54) is 0 Å². The first-order valence-corrected chi connectivity index (χ1v) is 2.38. The predicted octanol–water partition coefficient (Wildman–Crippen LogP) is -0.223. The first-order valence-electron chi connectivity index (χ1n) is 2.38. The van der Waals surface area contributed by atoms with Crippen molar-refractivity contribution in [3.8, 4) is 0 Å². The first-order chi connectivity index (χ1) is 3.66. The summed E-state index contributed by atoms with van der Waals surface area (Å²) in [5.74, 6) is 0. The Morgan fingerprint density at radius 2 is 2.38 bits per heavy atom. The lowest BCUT2D eigenvalue weighted by Crippen LogP contribution is -2.29. The molecule has 4 N–H and O–H groups in total. The quantitative estimate of drug-likeness (QED) is 0.492. The van der Waals surface area contributed by atoms with E-state index in [9.17, 15) is 4.79 Å². The number of hydrogen-bond acceptors (Lipinski definition) is 3. The molecule has 48 valence electrons. The molecular formula is C4H10N2O2. The van der Waals surface area contributed by atoms with Gasteiger partial charge < -0.3 is 10.5 Å². The molecule has 0 rings (SSSR count). The van der Waals surface area contributed by atoms with Gasteiger partial charge in [0.05, 0.1) is 0 Å². The van der Waals surface area contributed by atoms with Crippen LogP contribution in [-0.4, -0.2) is 12.3 Å². The van der Waals surface area contributed by atoms with Crippen molar-refractivity contribution in [2.45, 2.75) is 19.6 Å². The monoisotopic (exact) mass is 118 g/mol. The van der Waals surface area contributed by atoms with E-state index >= 15 is 0 Å². The van der Waals surface area contributed by atoms with E-state index in [0.717, 1.165) is 0 Å². The zero-order valence-corrected chi connectivity index (χ0v) is 4.76. The molecule has 0 heterocycles. The summed E-state index contributed by atoms with van der Waals surface area (Å²) >= 11 is 0. The third kappa shape index (κ3) is 3.42. The summed E-state index contributed by atoms with van der Waals surface area (Å²) in [6, 6.07) is 0. The second-order valence-corrected chi connectivity index (χ2v) is 1.38. The molecular weight excluding hydrogens is 108 g/mol. The van der Waals surface area contributed by atoms with Gasteiger partial charge in [0.25, 0.3) is 0 Å². The Hall–Kier alpha value is -0.770. The first kappa shape index (κ1) is 7.23. The highest BCUT2D eigenvalue weighted by molar-refractivity contribution is 5.64. The van der Waals surface area contributed by atoms with Crippen molar-refractivity contribution in [3.05, 3.63) is 0 Å². The van der Waals surface area contributed by atoms with Crippen LogP contribution in [0.3, 0.4) is 0 Å². The van der Waals surface area contributed by atoms with E-state index in [1.807, 2.05) is 0 Å². The number of carbonyl (C=O) groups is 1. The number of primary amides is 1. The van der Waals surface area contributed by atoms with E-state index in [1.54, 1.807) is 6.92 Å². The normalized spacial score (nSPS) is 12.8. The maximum Gasteiger partial charge on any atom is 0.406 e. The highest BCUT2D eigenvalue weighted by atomic mass is 16.6. The fourth-order valence-electron chi connectivity index (χ4n) is 0.233. The molecule has 0 aromatic heterocycles. The molecule has 0 aliphatic carbocycles. The predicted molar refractivity (Wildman–Crippen MR) is 28.9 cm³/mol. The largest absolute Gasteiger partial charge is 0.431 e. The van der Waals surface area contributed by atoms with E-state index < -0.39 is 12.3 Å². The van der Waals surface area contributed by atoms with Crippen molar-refractivity contribution in [2.24, 2.45) is 11.5 Å². The molecule has 1 atom stereocenters. The van der Waals surface area contributed by atoms with Crippen molar-refractivity contribution < 1.29 is 9.53 Å². The third-order valence-electron chi connectivity index (χ3n) is 0.670. The molecule has 0 bridgehead atoms. The molecule has 0 spiro atoms. The van der Waals surface area contributed by atoms with Gasteiger partial charge in [-0.3, -0.25) is 5.73 Å². The molecule has 0 aliphatic heterocycles. The van der Waals surface area contributed by atoms with Gasteiger partial charge in [0, 0.05) is 0 Å². The van der Waals surface area contributed by atoms with E-state index in [2.05, 4.69) is 10.5 Å². The summed E-state index contributed by atoms with van der Waals surface area (Å²) in [5, 5.41) is 0. The van der Waals surface area contributed by atoms with Crippen LogP contribution in [0.15, 0.2) is 0 Å². The summed E-state index contributed by atoms with van der Waals surface area (Å²) in [7, 11) is 0. The van der Waals surface area contributed by atoms with Crippen LogP contribution in [0.4, 0.5) is 4.79 Å². The molecule has 0 fully saturated rings. The van der Waals surface area contributed by atoms with Crippen LogP contribution in [0.2, 0.25) is 0 Å². The number of nitrogens with two attached hydrogens (primary N) is 2. The Bertz CT molecular complexity index is 84.1. The van der Waals surface area contributed by atoms with Crippen molar-refractivity contribution in [1.82, 2.24) is 0 Å². The van der Waals surface area contributed by atoms with Gasteiger partial charge in [-0.2, -0.15) is 0 Å². The van der Waals surface area contributed by atoms with Crippen LogP contribution >= 0.6 is 0 Å². The number of amides is 1. The second kappa shape index (κ2) is 3.26. The van der Waals surface area contributed by atoms with Crippen molar-refractivity contribution >= 4 is 6.09 Å². The Labute approximate surface area is 47.8 Å². The molecule has 4 heteroatoms. The lowest BCUT2D eigenvalue weighted by Gasteiger charge is -2.06. The van der Waals surface area contributed by atoms with Gasteiger partial charge in [-0.05, 0) is 6.42 Å². The average molecular weight is 118 g/mol. The van der Waals surface area contributed by atoms with Crippen LogP contribution in [0.1, 0.15) is 13.3 Å². The molecule has 0 aromatic rings. The third-order valence-corrected chi connectivity index (χ3v) is 0.670. The standard InChI is InChI=1S/C4H10N2O2/c1-2-3(5)8-4(6)7/h3H,2,5H2,1H3,(H2,6,7)/t3-/m0/s1. The number of rotatable bonds is 2. The summed E-state index contributed by atoms with van der Waals surface area (Å²) in [4.78, 5) is 9.89. The minimum atomic E-state index is -0.820. The van der Waals surface area contributed by atoms with Gasteiger partial charge in [0.15, 0.2) is 6.23 Å². The molecule has 8 heavy (non-hydrogen) atoms. The highest BCUT2D eigenvalue weighted by Crippen LogP contribution is 1.86. The molecule has 0 radical (unpaired) electrons. The summed E-state index contributed by atoms with van der Waals surface area (Å²) in [5.41, 5.74) is 9.78.